The van der Waals surface area contributed by atoms with Crippen molar-refractivity contribution in [2.75, 3.05) is 17.4 Å². The van der Waals surface area contributed by atoms with E-state index in [4.69, 9.17) is 14.2 Å². The Hall–Kier alpha value is -3.22. The summed E-state index contributed by atoms with van der Waals surface area (Å²) in [6, 6.07) is 10.1. The summed E-state index contributed by atoms with van der Waals surface area (Å²) in [5, 5.41) is 5.58. The van der Waals surface area contributed by atoms with E-state index < -0.39 is 5.60 Å². The second kappa shape index (κ2) is 5.41. The summed E-state index contributed by atoms with van der Waals surface area (Å²) in [6.45, 7) is 3.54. The standard InChI is InChI=1S/C18H16N2O5/c1-18(2)17(22)20-12-8-11(4-6-13(12)25-18)19-16(21)10-3-5-14-15(7-10)24-9-23-14/h3-8H,9H2,1-2H3,(H,19,21)(H,20,22). The number of ether oxygens (including phenoxy) is 3. The first-order chi connectivity index (χ1) is 11.9. The van der Waals surface area contributed by atoms with Crippen molar-refractivity contribution in [1.29, 1.82) is 0 Å². The predicted octanol–water partition coefficient (Wildman–Crippen LogP) is 2.78. The Bertz CT molecular complexity index is 891. The minimum atomic E-state index is -0.926. The molecule has 0 saturated carbocycles. The van der Waals surface area contributed by atoms with Gasteiger partial charge in [0.05, 0.1) is 5.69 Å². The monoisotopic (exact) mass is 340 g/mol. The van der Waals surface area contributed by atoms with E-state index in [9.17, 15) is 9.59 Å². The fourth-order valence-electron chi connectivity index (χ4n) is 2.63. The summed E-state index contributed by atoms with van der Waals surface area (Å²) in [5.74, 6) is 1.19. The predicted molar refractivity (Wildman–Crippen MR) is 90.3 cm³/mol. The van der Waals surface area contributed by atoms with Crippen LogP contribution in [0.3, 0.4) is 0 Å². The van der Waals surface area contributed by atoms with Crippen LogP contribution < -0.4 is 24.8 Å². The van der Waals surface area contributed by atoms with Gasteiger partial charge in [0.25, 0.3) is 11.8 Å². The number of carbonyl (C=O) groups excluding carboxylic acids is 2. The molecule has 128 valence electrons. The molecule has 2 amide bonds. The van der Waals surface area contributed by atoms with E-state index in [0.717, 1.165) is 0 Å². The molecule has 0 atom stereocenters. The van der Waals surface area contributed by atoms with Crippen LogP contribution in [0.4, 0.5) is 11.4 Å². The zero-order valence-corrected chi connectivity index (χ0v) is 13.7. The minimum absolute atomic E-state index is 0.154. The highest BCUT2D eigenvalue weighted by molar-refractivity contribution is 6.06. The van der Waals surface area contributed by atoms with Gasteiger partial charge in [0.2, 0.25) is 6.79 Å². The number of fused-ring (bicyclic) bond motifs is 2. The van der Waals surface area contributed by atoms with E-state index in [1.165, 1.54) is 0 Å². The summed E-state index contributed by atoms with van der Waals surface area (Å²) in [7, 11) is 0. The Morgan fingerprint density at radius 2 is 1.84 bits per heavy atom. The average Bonchev–Trinajstić information content (AvgIpc) is 3.03. The lowest BCUT2D eigenvalue weighted by Crippen LogP contribution is -2.45. The molecule has 0 unspecified atom stereocenters. The van der Waals surface area contributed by atoms with Crippen LogP contribution in [0, 0.1) is 0 Å². The SMILES string of the molecule is CC1(C)Oc2ccc(NC(=O)c3ccc4c(c3)OCO4)cc2NC1=O. The summed E-state index contributed by atoms with van der Waals surface area (Å²) >= 11 is 0. The Labute approximate surface area is 143 Å². The lowest BCUT2D eigenvalue weighted by Gasteiger charge is -2.31. The highest BCUT2D eigenvalue weighted by Crippen LogP contribution is 2.36. The zero-order chi connectivity index (χ0) is 17.6. The number of rotatable bonds is 2. The molecule has 7 nitrogen and oxygen atoms in total. The normalized spacial score (nSPS) is 16.5. The summed E-state index contributed by atoms with van der Waals surface area (Å²) in [4.78, 5) is 24.4. The maximum absolute atomic E-state index is 12.4. The molecule has 2 aliphatic rings. The van der Waals surface area contributed by atoms with Crippen molar-refractivity contribution in [3.8, 4) is 17.2 Å². The van der Waals surface area contributed by atoms with Crippen LogP contribution >= 0.6 is 0 Å². The van der Waals surface area contributed by atoms with E-state index in [-0.39, 0.29) is 18.6 Å². The molecule has 2 aromatic rings. The maximum atomic E-state index is 12.4. The lowest BCUT2D eigenvalue weighted by atomic mass is 10.1. The molecule has 0 saturated heterocycles. The maximum Gasteiger partial charge on any atom is 0.268 e. The van der Waals surface area contributed by atoms with Gasteiger partial charge in [-0.3, -0.25) is 9.59 Å². The van der Waals surface area contributed by atoms with Gasteiger partial charge in [0.15, 0.2) is 17.1 Å². The number of anilines is 2. The number of nitrogens with one attached hydrogen (secondary N) is 2. The molecular weight excluding hydrogens is 324 g/mol. The number of carbonyl (C=O) groups is 2. The molecule has 0 aliphatic carbocycles. The van der Waals surface area contributed by atoms with Crippen LogP contribution in [-0.4, -0.2) is 24.2 Å². The average molecular weight is 340 g/mol. The zero-order valence-electron chi connectivity index (χ0n) is 13.7. The molecule has 0 radical (unpaired) electrons. The van der Waals surface area contributed by atoms with Gasteiger partial charge < -0.3 is 24.8 Å². The molecule has 0 fully saturated rings. The van der Waals surface area contributed by atoms with Gasteiger partial charge in [-0.15, -0.1) is 0 Å². The fourth-order valence-corrected chi connectivity index (χ4v) is 2.63. The molecule has 0 aromatic heterocycles. The topological polar surface area (TPSA) is 85.9 Å². The highest BCUT2D eigenvalue weighted by atomic mass is 16.7. The Morgan fingerprint density at radius 3 is 2.68 bits per heavy atom. The van der Waals surface area contributed by atoms with Crippen molar-refractivity contribution in [2.24, 2.45) is 0 Å². The molecule has 0 bridgehead atoms. The van der Waals surface area contributed by atoms with Gasteiger partial charge in [-0.2, -0.15) is 0 Å². The lowest BCUT2D eigenvalue weighted by molar-refractivity contribution is -0.129. The van der Waals surface area contributed by atoms with Gasteiger partial charge in [-0.25, -0.2) is 0 Å². The third-order valence-corrected chi connectivity index (χ3v) is 4.03. The van der Waals surface area contributed by atoms with Crippen molar-refractivity contribution < 1.29 is 23.8 Å². The van der Waals surface area contributed by atoms with Gasteiger partial charge in [0.1, 0.15) is 5.75 Å². The molecule has 2 N–H and O–H groups in total. The summed E-state index contributed by atoms with van der Waals surface area (Å²) in [6.07, 6.45) is 0. The third-order valence-electron chi connectivity index (χ3n) is 4.03. The summed E-state index contributed by atoms with van der Waals surface area (Å²) < 4.78 is 16.2. The largest absolute Gasteiger partial charge is 0.476 e. The molecule has 7 heteroatoms. The Balaban J connectivity index is 1.55. The molecule has 2 heterocycles. The van der Waals surface area contributed by atoms with Gasteiger partial charge in [-0.05, 0) is 50.2 Å². The van der Waals surface area contributed by atoms with Crippen molar-refractivity contribution >= 4 is 23.2 Å². The van der Waals surface area contributed by atoms with Crippen molar-refractivity contribution in [3.63, 3.8) is 0 Å². The number of hydrogen-bond acceptors (Lipinski definition) is 5. The van der Waals surface area contributed by atoms with Crippen molar-refractivity contribution in [1.82, 2.24) is 0 Å². The quantitative estimate of drug-likeness (QED) is 0.878. The van der Waals surface area contributed by atoms with E-state index in [2.05, 4.69) is 10.6 Å². The molecule has 4 rings (SSSR count). The van der Waals surface area contributed by atoms with E-state index >= 15 is 0 Å². The van der Waals surface area contributed by atoms with E-state index in [0.29, 0.717) is 34.2 Å². The molecule has 2 aliphatic heterocycles. The first-order valence-electron chi connectivity index (χ1n) is 7.78. The van der Waals surface area contributed by atoms with Gasteiger partial charge in [-0.1, -0.05) is 0 Å². The minimum Gasteiger partial charge on any atom is -0.476 e. The second-order valence-corrected chi connectivity index (χ2v) is 6.30. The first kappa shape index (κ1) is 15.3. The van der Waals surface area contributed by atoms with Gasteiger partial charge in [0, 0.05) is 11.3 Å². The third kappa shape index (κ3) is 2.73. The molecule has 2 aromatic carbocycles. The smallest absolute Gasteiger partial charge is 0.268 e. The van der Waals surface area contributed by atoms with E-state index in [1.54, 1.807) is 50.2 Å². The Morgan fingerprint density at radius 1 is 1.08 bits per heavy atom. The van der Waals surface area contributed by atoms with Crippen molar-refractivity contribution in [2.45, 2.75) is 19.4 Å². The highest BCUT2D eigenvalue weighted by Gasteiger charge is 2.35. The first-order valence-corrected chi connectivity index (χ1v) is 7.78. The van der Waals surface area contributed by atoms with Crippen molar-refractivity contribution in [3.05, 3.63) is 42.0 Å². The second-order valence-electron chi connectivity index (χ2n) is 6.30. The number of amides is 2. The number of benzene rings is 2. The van der Waals surface area contributed by atoms with Crippen LogP contribution in [0.5, 0.6) is 17.2 Å². The van der Waals surface area contributed by atoms with Crippen LogP contribution in [-0.2, 0) is 4.79 Å². The number of hydrogen-bond donors (Lipinski definition) is 2. The van der Waals surface area contributed by atoms with E-state index in [1.807, 2.05) is 0 Å². The van der Waals surface area contributed by atoms with Crippen LogP contribution in [0.2, 0.25) is 0 Å². The summed E-state index contributed by atoms with van der Waals surface area (Å²) in [5.41, 5.74) is 0.589. The Kier molecular flexibility index (Phi) is 3.31. The van der Waals surface area contributed by atoms with Crippen LogP contribution in [0.25, 0.3) is 0 Å². The van der Waals surface area contributed by atoms with Gasteiger partial charge >= 0.3 is 0 Å². The molecular formula is C18H16N2O5. The van der Waals surface area contributed by atoms with Crippen LogP contribution in [0.1, 0.15) is 24.2 Å². The van der Waals surface area contributed by atoms with Crippen LogP contribution in [0.15, 0.2) is 36.4 Å². The molecule has 25 heavy (non-hydrogen) atoms. The fraction of sp³-hybridized carbons (Fsp3) is 0.222. The molecule has 0 spiro atoms.